The number of benzene rings is 1. The van der Waals surface area contributed by atoms with Gasteiger partial charge in [0.05, 0.1) is 5.75 Å². The monoisotopic (exact) mass is 341 g/mol. The number of hydrogen-bond donors (Lipinski definition) is 0. The molecule has 2 heterocycles. The Balaban J connectivity index is 1.75. The SMILES string of the molecule is O=S(=O)(Cc1ccc(CCl)cc1)N1CCc2sccc2C1. The third-order valence-electron chi connectivity index (χ3n) is 3.69. The van der Waals surface area contributed by atoms with E-state index < -0.39 is 10.0 Å². The molecule has 0 atom stereocenters. The van der Waals surface area contributed by atoms with Gasteiger partial charge in [-0.05, 0) is 34.6 Å². The van der Waals surface area contributed by atoms with Crippen molar-refractivity contribution in [2.24, 2.45) is 0 Å². The van der Waals surface area contributed by atoms with E-state index in [1.165, 1.54) is 4.88 Å². The van der Waals surface area contributed by atoms with Crippen LogP contribution in [0.1, 0.15) is 21.6 Å². The van der Waals surface area contributed by atoms with Gasteiger partial charge in [0, 0.05) is 23.8 Å². The fourth-order valence-electron chi connectivity index (χ4n) is 2.49. The van der Waals surface area contributed by atoms with Crippen LogP contribution in [0.4, 0.5) is 0 Å². The minimum Gasteiger partial charge on any atom is -0.212 e. The molecule has 0 fully saturated rings. The minimum absolute atomic E-state index is 0.0506. The summed E-state index contributed by atoms with van der Waals surface area (Å²) in [7, 11) is -3.27. The topological polar surface area (TPSA) is 37.4 Å². The predicted molar refractivity (Wildman–Crippen MR) is 87.1 cm³/mol. The van der Waals surface area contributed by atoms with Crippen molar-refractivity contribution in [2.75, 3.05) is 6.54 Å². The Morgan fingerprint density at radius 3 is 2.57 bits per heavy atom. The van der Waals surface area contributed by atoms with Gasteiger partial charge in [0.2, 0.25) is 10.0 Å². The molecular formula is C15H16ClNO2S2. The summed E-state index contributed by atoms with van der Waals surface area (Å²) in [6.45, 7) is 1.08. The molecule has 0 unspecified atom stereocenters. The number of rotatable bonds is 4. The van der Waals surface area contributed by atoms with E-state index in [0.29, 0.717) is 19.0 Å². The number of fused-ring (bicyclic) bond motifs is 1. The summed E-state index contributed by atoms with van der Waals surface area (Å²) in [5.74, 6) is 0.495. The van der Waals surface area contributed by atoms with Crippen LogP contribution in [0.2, 0.25) is 0 Å². The van der Waals surface area contributed by atoms with Crippen molar-refractivity contribution < 1.29 is 8.42 Å². The van der Waals surface area contributed by atoms with E-state index in [-0.39, 0.29) is 5.75 Å². The Hall–Kier alpha value is -0.880. The normalized spacial score (nSPS) is 15.9. The van der Waals surface area contributed by atoms with Gasteiger partial charge in [-0.15, -0.1) is 22.9 Å². The molecule has 21 heavy (non-hydrogen) atoms. The van der Waals surface area contributed by atoms with Crippen LogP contribution in [0.5, 0.6) is 0 Å². The molecule has 1 aliphatic rings. The first-order chi connectivity index (χ1) is 10.1. The molecule has 1 aliphatic heterocycles. The molecule has 0 bridgehead atoms. The Bertz CT molecular complexity index is 722. The zero-order chi connectivity index (χ0) is 14.9. The molecule has 6 heteroatoms. The number of halogens is 1. The maximum absolute atomic E-state index is 12.5. The Morgan fingerprint density at radius 2 is 1.86 bits per heavy atom. The molecule has 0 amide bonds. The van der Waals surface area contributed by atoms with E-state index in [1.54, 1.807) is 15.6 Å². The molecule has 0 spiro atoms. The lowest BCUT2D eigenvalue weighted by Gasteiger charge is -2.26. The standard InChI is InChI=1S/C15H16ClNO2S2/c16-9-12-1-3-13(4-2-12)11-21(18,19)17-7-5-15-14(10-17)6-8-20-15/h1-4,6,8H,5,7,9-11H2. The van der Waals surface area contributed by atoms with Crippen LogP contribution in [0.25, 0.3) is 0 Å². The highest BCUT2D eigenvalue weighted by Gasteiger charge is 2.27. The van der Waals surface area contributed by atoms with Crippen LogP contribution < -0.4 is 0 Å². The summed E-state index contributed by atoms with van der Waals surface area (Å²) in [4.78, 5) is 1.31. The zero-order valence-electron chi connectivity index (χ0n) is 11.5. The molecule has 0 saturated carbocycles. The van der Waals surface area contributed by atoms with E-state index in [2.05, 4.69) is 0 Å². The molecule has 0 radical (unpaired) electrons. The van der Waals surface area contributed by atoms with Crippen molar-refractivity contribution in [3.63, 3.8) is 0 Å². The van der Waals surface area contributed by atoms with Gasteiger partial charge < -0.3 is 0 Å². The summed E-state index contributed by atoms with van der Waals surface area (Å²) >= 11 is 7.46. The van der Waals surface area contributed by atoms with Gasteiger partial charge in [0.25, 0.3) is 0 Å². The second-order valence-corrected chi connectivity index (χ2v) is 8.40. The second-order valence-electron chi connectivity index (χ2n) is 5.16. The lowest BCUT2D eigenvalue weighted by atomic mass is 10.1. The van der Waals surface area contributed by atoms with Crippen LogP contribution in [0, 0.1) is 0 Å². The van der Waals surface area contributed by atoms with Crippen molar-refractivity contribution in [3.8, 4) is 0 Å². The smallest absolute Gasteiger partial charge is 0.212 e. The fraction of sp³-hybridized carbons (Fsp3) is 0.333. The second kappa shape index (κ2) is 6.08. The van der Waals surface area contributed by atoms with Gasteiger partial charge in [0.15, 0.2) is 0 Å². The first kappa shape index (κ1) is 15.0. The molecule has 1 aromatic heterocycles. The van der Waals surface area contributed by atoms with Crippen molar-refractivity contribution in [1.29, 1.82) is 0 Å². The highest BCUT2D eigenvalue weighted by molar-refractivity contribution is 7.88. The van der Waals surface area contributed by atoms with Gasteiger partial charge in [-0.3, -0.25) is 0 Å². The van der Waals surface area contributed by atoms with E-state index >= 15 is 0 Å². The van der Waals surface area contributed by atoms with E-state index in [9.17, 15) is 8.42 Å². The average Bonchev–Trinajstić information content (AvgIpc) is 2.95. The van der Waals surface area contributed by atoms with Crippen molar-refractivity contribution in [1.82, 2.24) is 4.31 Å². The first-order valence-electron chi connectivity index (χ1n) is 6.75. The highest BCUT2D eigenvalue weighted by Crippen LogP contribution is 2.26. The van der Waals surface area contributed by atoms with Crippen LogP contribution in [-0.4, -0.2) is 19.3 Å². The predicted octanol–water partition coefficient (Wildman–Crippen LogP) is 3.38. The number of thiophene rings is 1. The summed E-state index contributed by atoms with van der Waals surface area (Å²) in [6, 6.07) is 9.47. The lowest BCUT2D eigenvalue weighted by Crippen LogP contribution is -2.36. The maximum Gasteiger partial charge on any atom is 0.218 e. The third kappa shape index (κ3) is 3.31. The zero-order valence-corrected chi connectivity index (χ0v) is 13.8. The number of sulfonamides is 1. The van der Waals surface area contributed by atoms with E-state index in [4.69, 9.17) is 11.6 Å². The molecule has 3 rings (SSSR count). The molecule has 1 aromatic carbocycles. The first-order valence-corrected chi connectivity index (χ1v) is 9.78. The Morgan fingerprint density at radius 1 is 1.14 bits per heavy atom. The van der Waals surface area contributed by atoms with Crippen LogP contribution in [0.3, 0.4) is 0 Å². The van der Waals surface area contributed by atoms with Crippen LogP contribution >= 0.6 is 22.9 Å². The summed E-state index contributed by atoms with van der Waals surface area (Å²) in [5, 5.41) is 2.03. The number of hydrogen-bond acceptors (Lipinski definition) is 3. The van der Waals surface area contributed by atoms with Gasteiger partial charge in [-0.1, -0.05) is 24.3 Å². The van der Waals surface area contributed by atoms with Crippen molar-refractivity contribution >= 4 is 33.0 Å². The van der Waals surface area contributed by atoms with Gasteiger partial charge in [-0.25, -0.2) is 8.42 Å². The van der Waals surface area contributed by atoms with E-state index in [0.717, 1.165) is 23.1 Å². The lowest BCUT2D eigenvalue weighted by molar-refractivity contribution is 0.393. The molecule has 0 saturated heterocycles. The quantitative estimate of drug-likeness (QED) is 0.799. The average molecular weight is 342 g/mol. The largest absolute Gasteiger partial charge is 0.218 e. The van der Waals surface area contributed by atoms with Crippen molar-refractivity contribution in [3.05, 3.63) is 57.3 Å². The molecule has 3 nitrogen and oxygen atoms in total. The van der Waals surface area contributed by atoms with Crippen LogP contribution in [-0.2, 0) is 34.6 Å². The van der Waals surface area contributed by atoms with Crippen molar-refractivity contribution in [2.45, 2.75) is 24.6 Å². The van der Waals surface area contributed by atoms with Gasteiger partial charge >= 0.3 is 0 Å². The number of nitrogens with zero attached hydrogens (tertiary/aromatic N) is 1. The van der Waals surface area contributed by atoms with Crippen LogP contribution in [0.15, 0.2) is 35.7 Å². The minimum atomic E-state index is -3.27. The molecule has 0 N–H and O–H groups in total. The highest BCUT2D eigenvalue weighted by atomic mass is 35.5. The fourth-order valence-corrected chi connectivity index (χ4v) is 5.06. The Kier molecular flexibility index (Phi) is 4.36. The molecular weight excluding hydrogens is 326 g/mol. The van der Waals surface area contributed by atoms with Gasteiger partial charge in [-0.2, -0.15) is 4.31 Å². The summed E-state index contributed by atoms with van der Waals surface area (Å²) in [6.07, 6.45) is 0.817. The van der Waals surface area contributed by atoms with Gasteiger partial charge in [0.1, 0.15) is 0 Å². The molecule has 0 aliphatic carbocycles. The van der Waals surface area contributed by atoms with E-state index in [1.807, 2.05) is 35.7 Å². The Labute approximate surface area is 134 Å². The summed E-state index contributed by atoms with van der Waals surface area (Å²) < 4.78 is 26.7. The maximum atomic E-state index is 12.5. The molecule has 112 valence electrons. The summed E-state index contributed by atoms with van der Waals surface area (Å²) in [5.41, 5.74) is 2.95. The molecule has 2 aromatic rings. The third-order valence-corrected chi connectivity index (χ3v) is 6.82. The number of alkyl halides is 1.